The number of nitrogens with one attached hydrogen (secondary N) is 2. The van der Waals surface area contributed by atoms with E-state index in [-0.39, 0.29) is 17.4 Å². The molecule has 0 radical (unpaired) electrons. The Morgan fingerprint density at radius 2 is 1.74 bits per heavy atom. The quantitative estimate of drug-likeness (QED) is 0.659. The van der Waals surface area contributed by atoms with E-state index in [0.29, 0.717) is 24.5 Å². The van der Waals surface area contributed by atoms with Gasteiger partial charge in [0.25, 0.3) is 5.91 Å². The molecule has 0 fully saturated rings. The summed E-state index contributed by atoms with van der Waals surface area (Å²) in [6.07, 6.45) is 0. The number of benzene rings is 2. The second kappa shape index (κ2) is 7.90. The highest BCUT2D eigenvalue weighted by Gasteiger charge is 2.16. The molecular formula is C20H20FN5O. The number of halogens is 1. The van der Waals surface area contributed by atoms with Gasteiger partial charge in [0.15, 0.2) is 5.69 Å². The molecule has 0 aliphatic rings. The highest BCUT2D eigenvalue weighted by Crippen LogP contribution is 2.10. The summed E-state index contributed by atoms with van der Waals surface area (Å²) in [6, 6.07) is 13.6. The first-order valence-electron chi connectivity index (χ1n) is 8.51. The van der Waals surface area contributed by atoms with Crippen molar-refractivity contribution in [2.75, 3.05) is 0 Å². The summed E-state index contributed by atoms with van der Waals surface area (Å²) in [4.78, 5) is 12.4. The second-order valence-electron chi connectivity index (χ2n) is 6.31. The van der Waals surface area contributed by atoms with E-state index in [9.17, 15) is 9.18 Å². The van der Waals surface area contributed by atoms with Crippen LogP contribution in [0, 0.1) is 18.2 Å². The third-order valence-corrected chi connectivity index (χ3v) is 4.28. The van der Waals surface area contributed by atoms with Crippen molar-refractivity contribution in [3.8, 4) is 0 Å². The highest BCUT2D eigenvalue weighted by atomic mass is 19.1. The van der Waals surface area contributed by atoms with Crippen LogP contribution in [0.4, 0.5) is 4.39 Å². The maximum absolute atomic E-state index is 13.0. The van der Waals surface area contributed by atoms with Gasteiger partial charge in [0.1, 0.15) is 5.82 Å². The van der Waals surface area contributed by atoms with Gasteiger partial charge in [-0.1, -0.05) is 41.6 Å². The number of hydrogen-bond acceptors (Lipinski definition) is 4. The van der Waals surface area contributed by atoms with E-state index in [1.165, 1.54) is 12.1 Å². The van der Waals surface area contributed by atoms with Crippen molar-refractivity contribution in [3.63, 3.8) is 0 Å². The number of carbonyl (C=O) groups excluding carboxylic acids is 1. The molecule has 0 spiro atoms. The topological polar surface area (TPSA) is 83.7 Å². The number of hydrogen-bond donors (Lipinski definition) is 2. The Morgan fingerprint density at radius 3 is 2.37 bits per heavy atom. The Kier molecular flexibility index (Phi) is 5.40. The SMILES string of the molecule is CC(=N)c1ccc(CNC(=O)c2nnn(Cc3ccc(F)cc3)c2C)cc1. The van der Waals surface area contributed by atoms with Gasteiger partial charge < -0.3 is 10.7 Å². The average Bonchev–Trinajstić information content (AvgIpc) is 3.02. The molecule has 0 saturated heterocycles. The minimum absolute atomic E-state index is 0.268. The van der Waals surface area contributed by atoms with Crippen LogP contribution in [0.3, 0.4) is 0 Å². The van der Waals surface area contributed by atoms with Gasteiger partial charge in [-0.15, -0.1) is 5.10 Å². The zero-order valence-corrected chi connectivity index (χ0v) is 15.2. The van der Waals surface area contributed by atoms with Crippen LogP contribution in [-0.4, -0.2) is 26.6 Å². The maximum atomic E-state index is 13.0. The largest absolute Gasteiger partial charge is 0.347 e. The molecule has 2 N–H and O–H groups in total. The van der Waals surface area contributed by atoms with Gasteiger partial charge in [-0.3, -0.25) is 4.79 Å². The number of rotatable bonds is 6. The zero-order valence-electron chi connectivity index (χ0n) is 15.2. The van der Waals surface area contributed by atoms with Crippen molar-refractivity contribution in [1.82, 2.24) is 20.3 Å². The van der Waals surface area contributed by atoms with Crippen molar-refractivity contribution in [2.24, 2.45) is 0 Å². The molecule has 0 aliphatic heterocycles. The summed E-state index contributed by atoms with van der Waals surface area (Å²) in [6.45, 7) is 4.28. The Morgan fingerprint density at radius 1 is 1.11 bits per heavy atom. The van der Waals surface area contributed by atoms with Gasteiger partial charge in [0.2, 0.25) is 0 Å². The molecule has 3 rings (SSSR count). The predicted molar refractivity (Wildman–Crippen MR) is 100 cm³/mol. The summed E-state index contributed by atoms with van der Waals surface area (Å²) in [5, 5.41) is 18.4. The molecule has 0 saturated carbocycles. The molecule has 138 valence electrons. The lowest BCUT2D eigenvalue weighted by Gasteiger charge is -2.06. The highest BCUT2D eigenvalue weighted by molar-refractivity contribution is 5.96. The first-order valence-corrected chi connectivity index (χ1v) is 8.51. The lowest BCUT2D eigenvalue weighted by molar-refractivity contribution is 0.0945. The maximum Gasteiger partial charge on any atom is 0.274 e. The Balaban J connectivity index is 1.64. The Hall–Kier alpha value is -3.35. The van der Waals surface area contributed by atoms with E-state index in [1.807, 2.05) is 24.3 Å². The molecule has 1 amide bonds. The molecule has 0 unspecified atom stereocenters. The molecule has 1 aromatic heterocycles. The summed E-state index contributed by atoms with van der Waals surface area (Å²) in [5.74, 6) is -0.594. The monoisotopic (exact) mass is 365 g/mol. The molecule has 0 aliphatic carbocycles. The first-order chi connectivity index (χ1) is 12.9. The third kappa shape index (κ3) is 4.44. The van der Waals surface area contributed by atoms with Crippen LogP contribution in [-0.2, 0) is 13.1 Å². The van der Waals surface area contributed by atoms with Crippen molar-refractivity contribution < 1.29 is 9.18 Å². The van der Waals surface area contributed by atoms with Crippen molar-refractivity contribution in [3.05, 3.63) is 82.4 Å². The third-order valence-electron chi connectivity index (χ3n) is 4.28. The summed E-state index contributed by atoms with van der Waals surface area (Å²) >= 11 is 0. The molecule has 27 heavy (non-hydrogen) atoms. The van der Waals surface area contributed by atoms with E-state index in [0.717, 1.165) is 16.7 Å². The molecule has 2 aromatic carbocycles. The van der Waals surface area contributed by atoms with E-state index < -0.39 is 0 Å². The average molecular weight is 365 g/mol. The minimum atomic E-state index is -0.301. The summed E-state index contributed by atoms with van der Waals surface area (Å²) < 4.78 is 14.6. The number of nitrogens with zero attached hydrogens (tertiary/aromatic N) is 3. The predicted octanol–water partition coefficient (Wildman–Crippen LogP) is 3.09. The van der Waals surface area contributed by atoms with Gasteiger partial charge in [-0.25, -0.2) is 9.07 Å². The van der Waals surface area contributed by atoms with Crippen LogP contribution >= 0.6 is 0 Å². The second-order valence-corrected chi connectivity index (χ2v) is 6.31. The van der Waals surface area contributed by atoms with Gasteiger partial charge in [0, 0.05) is 12.3 Å². The first kappa shape index (κ1) is 18.4. The number of amides is 1. The van der Waals surface area contributed by atoms with Crippen molar-refractivity contribution in [1.29, 1.82) is 5.41 Å². The minimum Gasteiger partial charge on any atom is -0.347 e. The summed E-state index contributed by atoms with van der Waals surface area (Å²) in [5.41, 5.74) is 4.07. The Bertz CT molecular complexity index is 961. The number of aromatic nitrogens is 3. The van der Waals surface area contributed by atoms with Gasteiger partial charge >= 0.3 is 0 Å². The molecule has 6 nitrogen and oxygen atoms in total. The van der Waals surface area contributed by atoms with Crippen LogP contribution in [0.2, 0.25) is 0 Å². The van der Waals surface area contributed by atoms with E-state index in [4.69, 9.17) is 5.41 Å². The zero-order chi connectivity index (χ0) is 19.4. The fourth-order valence-corrected chi connectivity index (χ4v) is 2.62. The standard InChI is InChI=1S/C20H20FN5O/c1-13(22)17-7-3-15(4-8-17)11-23-20(27)19-14(2)26(25-24-19)12-16-5-9-18(21)10-6-16/h3-10,22H,11-12H2,1-2H3,(H,23,27). The fourth-order valence-electron chi connectivity index (χ4n) is 2.62. The fraction of sp³-hybridized carbons (Fsp3) is 0.200. The van der Waals surface area contributed by atoms with E-state index >= 15 is 0 Å². The molecule has 0 bridgehead atoms. The lowest BCUT2D eigenvalue weighted by Crippen LogP contribution is -2.24. The lowest BCUT2D eigenvalue weighted by atomic mass is 10.1. The van der Waals surface area contributed by atoms with Crippen LogP contribution in [0.25, 0.3) is 0 Å². The van der Waals surface area contributed by atoms with Gasteiger partial charge in [-0.05, 0) is 42.7 Å². The summed E-state index contributed by atoms with van der Waals surface area (Å²) in [7, 11) is 0. The van der Waals surface area contributed by atoms with Crippen LogP contribution in [0.5, 0.6) is 0 Å². The van der Waals surface area contributed by atoms with E-state index in [2.05, 4.69) is 15.6 Å². The van der Waals surface area contributed by atoms with Crippen molar-refractivity contribution >= 4 is 11.6 Å². The number of carbonyl (C=O) groups is 1. The van der Waals surface area contributed by atoms with Crippen LogP contribution in [0.15, 0.2) is 48.5 Å². The molecular weight excluding hydrogens is 345 g/mol. The van der Waals surface area contributed by atoms with Crippen LogP contribution in [0.1, 0.15) is 39.8 Å². The van der Waals surface area contributed by atoms with E-state index in [1.54, 1.807) is 30.7 Å². The molecule has 0 atom stereocenters. The molecule has 7 heteroatoms. The molecule has 1 heterocycles. The molecule has 3 aromatic rings. The smallest absolute Gasteiger partial charge is 0.274 e. The van der Waals surface area contributed by atoms with Crippen LogP contribution < -0.4 is 5.32 Å². The Labute approximate surface area is 156 Å². The van der Waals surface area contributed by atoms with Gasteiger partial charge in [0.05, 0.1) is 12.2 Å². The normalized spacial score (nSPS) is 10.6. The van der Waals surface area contributed by atoms with Crippen molar-refractivity contribution in [2.45, 2.75) is 26.9 Å². The van der Waals surface area contributed by atoms with Gasteiger partial charge in [-0.2, -0.15) is 0 Å².